The molecule has 1 amide bonds. The van der Waals surface area contributed by atoms with Crippen molar-refractivity contribution in [1.82, 2.24) is 9.97 Å². The molecule has 1 aromatic heterocycles. The van der Waals surface area contributed by atoms with Crippen LogP contribution in [0.15, 0.2) is 29.4 Å². The zero-order valence-corrected chi connectivity index (χ0v) is 15.6. The van der Waals surface area contributed by atoms with Gasteiger partial charge in [-0.15, -0.1) is 0 Å². The topological polar surface area (TPSA) is 80.9 Å². The van der Waals surface area contributed by atoms with E-state index >= 15 is 0 Å². The van der Waals surface area contributed by atoms with Crippen LogP contribution < -0.4 is 11.1 Å². The molecule has 0 aliphatic rings. The Morgan fingerprint density at radius 1 is 1.21 bits per heavy atom. The summed E-state index contributed by atoms with van der Waals surface area (Å²) in [5, 5.41) is 3.25. The molecule has 1 aromatic carbocycles. The fraction of sp³-hybridized carbons (Fsp3) is 0.389. The second-order valence-corrected chi connectivity index (χ2v) is 7.47. The normalized spacial score (nSPS) is 12.2. The van der Waals surface area contributed by atoms with Gasteiger partial charge in [-0.05, 0) is 37.8 Å². The predicted octanol–water partition coefficient (Wildman–Crippen LogP) is 3.92. The third-order valence-electron chi connectivity index (χ3n) is 3.68. The lowest BCUT2D eigenvalue weighted by atomic mass is 9.98. The first-order valence-corrected chi connectivity index (χ1v) is 8.84. The van der Waals surface area contributed by atoms with Crippen LogP contribution in [0.5, 0.6) is 0 Å². The number of anilines is 2. The summed E-state index contributed by atoms with van der Waals surface area (Å²) in [6, 6.07) is 7.78. The summed E-state index contributed by atoms with van der Waals surface area (Å²) >= 11 is 1.31. The number of rotatable bonds is 5. The third kappa shape index (κ3) is 4.47. The Morgan fingerprint density at radius 3 is 2.54 bits per heavy atom. The minimum Gasteiger partial charge on any atom is -0.384 e. The van der Waals surface area contributed by atoms with Crippen molar-refractivity contribution in [1.29, 1.82) is 0 Å². The number of aromatic nitrogens is 2. The summed E-state index contributed by atoms with van der Waals surface area (Å²) in [6.45, 7) is 9.94. The number of thioether (sulfide) groups is 1. The first-order valence-electron chi connectivity index (χ1n) is 7.96. The van der Waals surface area contributed by atoms with Crippen LogP contribution in [-0.4, -0.2) is 21.1 Å². The highest BCUT2D eigenvalue weighted by Gasteiger charge is 2.19. The van der Waals surface area contributed by atoms with Crippen LogP contribution in [0.4, 0.5) is 11.5 Å². The van der Waals surface area contributed by atoms with E-state index in [1.165, 1.54) is 11.8 Å². The molecule has 1 unspecified atom stereocenters. The number of nitrogen functional groups attached to an aromatic ring is 1. The van der Waals surface area contributed by atoms with Gasteiger partial charge in [-0.2, -0.15) is 0 Å². The quantitative estimate of drug-likeness (QED) is 0.635. The van der Waals surface area contributed by atoms with E-state index < -0.39 is 0 Å². The van der Waals surface area contributed by atoms with Crippen molar-refractivity contribution < 1.29 is 4.79 Å². The molecule has 2 aromatic rings. The smallest absolute Gasteiger partial charge is 0.237 e. The lowest BCUT2D eigenvalue weighted by Gasteiger charge is -2.18. The number of hydrogen-bond donors (Lipinski definition) is 2. The molecular formula is C18H24N4OS. The number of hydrogen-bond acceptors (Lipinski definition) is 5. The third-order valence-corrected chi connectivity index (χ3v) is 4.64. The Morgan fingerprint density at radius 2 is 1.92 bits per heavy atom. The van der Waals surface area contributed by atoms with Gasteiger partial charge in [0.15, 0.2) is 5.16 Å². The highest BCUT2D eigenvalue weighted by Crippen LogP contribution is 2.29. The van der Waals surface area contributed by atoms with E-state index in [9.17, 15) is 4.79 Å². The van der Waals surface area contributed by atoms with E-state index in [-0.39, 0.29) is 11.2 Å². The minimum absolute atomic E-state index is 0.0696. The molecule has 1 heterocycles. The van der Waals surface area contributed by atoms with Gasteiger partial charge in [-0.1, -0.05) is 43.8 Å². The lowest BCUT2D eigenvalue weighted by molar-refractivity contribution is -0.115. The van der Waals surface area contributed by atoms with Crippen LogP contribution >= 0.6 is 11.8 Å². The average Bonchev–Trinajstić information content (AvgIpc) is 2.47. The van der Waals surface area contributed by atoms with Crippen molar-refractivity contribution >= 4 is 29.2 Å². The molecule has 2 rings (SSSR count). The maximum atomic E-state index is 12.6. The number of carbonyl (C=O) groups excluding carboxylic acids is 1. The molecule has 0 radical (unpaired) electrons. The van der Waals surface area contributed by atoms with E-state index in [0.29, 0.717) is 16.9 Å². The summed E-state index contributed by atoms with van der Waals surface area (Å²) in [7, 11) is 0. The Labute approximate surface area is 147 Å². The number of para-hydroxylation sites is 1. The van der Waals surface area contributed by atoms with Gasteiger partial charge in [0.25, 0.3) is 0 Å². The molecule has 5 nitrogen and oxygen atoms in total. The average molecular weight is 344 g/mol. The van der Waals surface area contributed by atoms with Crippen LogP contribution in [0.3, 0.4) is 0 Å². The lowest BCUT2D eigenvalue weighted by Crippen LogP contribution is -2.24. The van der Waals surface area contributed by atoms with Gasteiger partial charge in [0.05, 0.1) is 5.25 Å². The Kier molecular flexibility index (Phi) is 5.83. The highest BCUT2D eigenvalue weighted by atomic mass is 32.2. The van der Waals surface area contributed by atoms with E-state index in [0.717, 1.165) is 22.5 Å². The Balaban J connectivity index is 2.15. The van der Waals surface area contributed by atoms with E-state index in [2.05, 4.69) is 35.2 Å². The molecule has 0 aliphatic heterocycles. The Hall–Kier alpha value is -2.08. The van der Waals surface area contributed by atoms with Crippen molar-refractivity contribution in [2.75, 3.05) is 11.1 Å². The number of nitrogens with two attached hydrogens (primary N) is 1. The molecule has 0 saturated carbocycles. The number of aryl methyl sites for hydroxylation is 2. The molecule has 0 bridgehead atoms. The fourth-order valence-electron chi connectivity index (χ4n) is 2.40. The molecule has 3 N–H and O–H groups in total. The van der Waals surface area contributed by atoms with E-state index in [1.807, 2.05) is 32.9 Å². The number of amides is 1. The molecule has 0 fully saturated rings. The predicted molar refractivity (Wildman–Crippen MR) is 100 cm³/mol. The number of nitrogens with zero attached hydrogens (tertiary/aromatic N) is 2. The van der Waals surface area contributed by atoms with Crippen molar-refractivity contribution in [2.24, 2.45) is 0 Å². The molecular weight excluding hydrogens is 320 g/mol. The van der Waals surface area contributed by atoms with Crippen molar-refractivity contribution in [3.63, 3.8) is 0 Å². The number of carbonyl (C=O) groups is 1. The summed E-state index contributed by atoms with van der Waals surface area (Å²) in [5.74, 6) is 0.682. The second kappa shape index (κ2) is 7.66. The van der Waals surface area contributed by atoms with Gasteiger partial charge < -0.3 is 11.1 Å². The molecule has 0 saturated heterocycles. The zero-order valence-electron chi connectivity index (χ0n) is 14.8. The van der Waals surface area contributed by atoms with Crippen LogP contribution in [0.1, 0.15) is 43.5 Å². The summed E-state index contributed by atoms with van der Waals surface area (Å²) < 4.78 is 0. The van der Waals surface area contributed by atoms with Crippen molar-refractivity contribution in [2.45, 2.75) is 50.9 Å². The largest absolute Gasteiger partial charge is 0.384 e. The maximum Gasteiger partial charge on any atom is 0.237 e. The molecule has 0 aliphatic carbocycles. The minimum atomic E-state index is -0.328. The molecule has 6 heteroatoms. The summed E-state index contributed by atoms with van der Waals surface area (Å²) in [4.78, 5) is 21.1. The summed E-state index contributed by atoms with van der Waals surface area (Å²) in [6.07, 6.45) is 0. The van der Waals surface area contributed by atoms with Crippen LogP contribution in [0, 0.1) is 13.8 Å². The number of nitrogens with one attached hydrogen (secondary N) is 1. The van der Waals surface area contributed by atoms with Crippen molar-refractivity contribution in [3.8, 4) is 0 Å². The SMILES string of the molecule is Cc1cc(N)nc(SC(C)C(=O)Nc2c(C)cccc2C(C)C)n1. The van der Waals surface area contributed by atoms with E-state index in [4.69, 9.17) is 5.73 Å². The highest BCUT2D eigenvalue weighted by molar-refractivity contribution is 8.00. The molecule has 24 heavy (non-hydrogen) atoms. The standard InChI is InChI=1S/C18H24N4OS/c1-10(2)14-8-6-7-11(3)16(14)22-17(23)13(5)24-18-20-12(4)9-15(19)21-18/h6-10,13H,1-5H3,(H,22,23)(H2,19,20,21). The fourth-order valence-corrected chi connectivity index (χ4v) is 3.23. The monoisotopic (exact) mass is 344 g/mol. The first kappa shape index (κ1) is 18.3. The van der Waals surface area contributed by atoms with Crippen LogP contribution in [0.25, 0.3) is 0 Å². The molecule has 1 atom stereocenters. The van der Waals surface area contributed by atoms with Gasteiger partial charge >= 0.3 is 0 Å². The first-order chi connectivity index (χ1) is 11.3. The second-order valence-electron chi connectivity index (χ2n) is 6.16. The van der Waals surface area contributed by atoms with Crippen LogP contribution in [0.2, 0.25) is 0 Å². The maximum absolute atomic E-state index is 12.6. The summed E-state index contributed by atoms with van der Waals surface area (Å²) in [5.41, 5.74) is 9.62. The van der Waals surface area contributed by atoms with Gasteiger partial charge in [0, 0.05) is 17.4 Å². The molecule has 0 spiro atoms. The molecule has 128 valence electrons. The van der Waals surface area contributed by atoms with Gasteiger partial charge in [-0.3, -0.25) is 4.79 Å². The van der Waals surface area contributed by atoms with Gasteiger partial charge in [-0.25, -0.2) is 9.97 Å². The van der Waals surface area contributed by atoms with Gasteiger partial charge in [0.2, 0.25) is 5.91 Å². The number of benzene rings is 1. The van der Waals surface area contributed by atoms with Crippen molar-refractivity contribution in [3.05, 3.63) is 41.1 Å². The van der Waals surface area contributed by atoms with Gasteiger partial charge in [0.1, 0.15) is 5.82 Å². The van der Waals surface area contributed by atoms with E-state index in [1.54, 1.807) is 6.07 Å². The Bertz CT molecular complexity index is 726. The van der Waals surface area contributed by atoms with Crippen LogP contribution in [-0.2, 0) is 4.79 Å². The zero-order chi connectivity index (χ0) is 17.9.